The summed E-state index contributed by atoms with van der Waals surface area (Å²) in [5, 5.41) is 10.8. The molecule has 118 valence electrons. The Balaban J connectivity index is 2.32. The number of rotatable bonds is 4. The molecule has 0 unspecified atom stereocenters. The molecule has 4 nitrogen and oxygen atoms in total. The number of carbonyl (C=O) groups is 1. The first-order valence-electron chi connectivity index (χ1n) is 6.85. The largest absolute Gasteiger partial charge is 0.496 e. The number of aliphatic carboxylic acids is 1. The number of carboxylic acids is 1. The number of aromatic nitrogens is 1. The lowest BCUT2D eigenvalue weighted by molar-refractivity contribution is -0.136. The molecule has 0 spiro atoms. The van der Waals surface area contributed by atoms with Crippen LogP contribution in [0.5, 0.6) is 5.75 Å². The zero-order valence-corrected chi connectivity index (χ0v) is 15.1. The lowest BCUT2D eigenvalue weighted by Gasteiger charge is -2.09. The number of hydrogen-bond donors (Lipinski definition) is 2. The number of methoxy groups -OCH3 is 1. The van der Waals surface area contributed by atoms with E-state index in [2.05, 4.69) is 27.6 Å². The van der Waals surface area contributed by atoms with Crippen LogP contribution in [0.25, 0.3) is 22.2 Å². The summed E-state index contributed by atoms with van der Waals surface area (Å²) in [7, 11) is 1.58. The first-order valence-corrected chi connectivity index (χ1v) is 8.31. The molecule has 1 aromatic heterocycles. The summed E-state index contributed by atoms with van der Waals surface area (Å²) in [6, 6.07) is 11.2. The van der Waals surface area contributed by atoms with Crippen LogP contribution in [0.1, 0.15) is 5.56 Å². The molecule has 0 saturated heterocycles. The van der Waals surface area contributed by atoms with E-state index < -0.39 is 5.97 Å². The van der Waals surface area contributed by atoms with E-state index in [1.165, 1.54) is 0 Å². The van der Waals surface area contributed by atoms with Gasteiger partial charge in [0.05, 0.1) is 19.2 Å². The number of ether oxygens (including phenoxy) is 1. The molecule has 2 aromatic carbocycles. The molecule has 0 bridgehead atoms. The SMILES string of the molecule is COc1ccc(Cl)cc1-c1[nH]c2ccc(I)cc2c1CC(=O)O. The van der Waals surface area contributed by atoms with Crippen LogP contribution < -0.4 is 4.74 Å². The van der Waals surface area contributed by atoms with Crippen molar-refractivity contribution in [3.63, 3.8) is 0 Å². The fraction of sp³-hybridized carbons (Fsp3) is 0.118. The van der Waals surface area contributed by atoms with Crippen molar-refractivity contribution < 1.29 is 14.6 Å². The predicted molar refractivity (Wildman–Crippen MR) is 99.4 cm³/mol. The minimum atomic E-state index is -0.882. The topological polar surface area (TPSA) is 62.3 Å². The van der Waals surface area contributed by atoms with E-state index in [0.717, 1.165) is 31.3 Å². The molecule has 1 heterocycles. The van der Waals surface area contributed by atoms with Crippen LogP contribution in [-0.2, 0) is 11.2 Å². The maximum Gasteiger partial charge on any atom is 0.307 e. The van der Waals surface area contributed by atoms with Crippen molar-refractivity contribution in [2.75, 3.05) is 7.11 Å². The van der Waals surface area contributed by atoms with Gasteiger partial charge in [-0.1, -0.05) is 11.6 Å². The van der Waals surface area contributed by atoms with Crippen molar-refractivity contribution in [1.29, 1.82) is 0 Å². The van der Waals surface area contributed by atoms with Crippen molar-refractivity contribution in [2.45, 2.75) is 6.42 Å². The number of halogens is 2. The number of aromatic amines is 1. The highest BCUT2D eigenvalue weighted by Crippen LogP contribution is 2.38. The number of fused-ring (bicyclic) bond motifs is 1. The molecule has 23 heavy (non-hydrogen) atoms. The third-order valence-corrected chi connectivity index (χ3v) is 4.53. The molecule has 3 rings (SSSR count). The van der Waals surface area contributed by atoms with Gasteiger partial charge in [0.2, 0.25) is 0 Å². The zero-order chi connectivity index (χ0) is 16.6. The molecule has 0 saturated carbocycles. The highest BCUT2D eigenvalue weighted by Gasteiger charge is 2.19. The second kappa shape index (κ2) is 6.41. The second-order valence-electron chi connectivity index (χ2n) is 5.08. The van der Waals surface area contributed by atoms with Crippen LogP contribution in [-0.4, -0.2) is 23.2 Å². The van der Waals surface area contributed by atoms with Gasteiger partial charge in [-0.2, -0.15) is 0 Å². The van der Waals surface area contributed by atoms with Crippen molar-refractivity contribution in [3.8, 4) is 17.0 Å². The van der Waals surface area contributed by atoms with Crippen LogP contribution in [0.4, 0.5) is 0 Å². The second-order valence-corrected chi connectivity index (χ2v) is 6.77. The quantitative estimate of drug-likeness (QED) is 0.576. The lowest BCUT2D eigenvalue weighted by Crippen LogP contribution is -2.01. The van der Waals surface area contributed by atoms with Crippen molar-refractivity contribution >= 4 is 51.1 Å². The minimum Gasteiger partial charge on any atom is -0.496 e. The van der Waals surface area contributed by atoms with Crippen molar-refractivity contribution in [2.24, 2.45) is 0 Å². The highest BCUT2D eigenvalue weighted by molar-refractivity contribution is 14.1. The Bertz CT molecular complexity index is 904. The van der Waals surface area contributed by atoms with Gasteiger partial charge in [0.15, 0.2) is 0 Å². The summed E-state index contributed by atoms with van der Waals surface area (Å²) in [5.74, 6) is -0.241. The Morgan fingerprint density at radius 2 is 2.09 bits per heavy atom. The summed E-state index contributed by atoms with van der Waals surface area (Å²) in [4.78, 5) is 14.6. The van der Waals surface area contributed by atoms with Crippen LogP contribution >= 0.6 is 34.2 Å². The monoisotopic (exact) mass is 441 g/mol. The van der Waals surface area contributed by atoms with Crippen LogP contribution in [0, 0.1) is 3.57 Å². The Labute approximate surface area is 151 Å². The first-order chi connectivity index (χ1) is 11.0. The molecule has 2 N–H and O–H groups in total. The Morgan fingerprint density at radius 3 is 2.78 bits per heavy atom. The normalized spacial score (nSPS) is 10.9. The lowest BCUT2D eigenvalue weighted by atomic mass is 10.0. The maximum absolute atomic E-state index is 11.3. The highest BCUT2D eigenvalue weighted by atomic mass is 127. The minimum absolute atomic E-state index is 0.0783. The molecule has 0 aliphatic carbocycles. The van der Waals surface area contributed by atoms with Gasteiger partial charge in [-0.25, -0.2) is 0 Å². The van der Waals surface area contributed by atoms with E-state index in [1.807, 2.05) is 18.2 Å². The van der Waals surface area contributed by atoms with Crippen LogP contribution in [0.15, 0.2) is 36.4 Å². The maximum atomic E-state index is 11.3. The van der Waals surface area contributed by atoms with Gasteiger partial charge >= 0.3 is 5.97 Å². The van der Waals surface area contributed by atoms with Gasteiger partial charge in [0.25, 0.3) is 0 Å². The molecule has 0 atom stereocenters. The fourth-order valence-electron chi connectivity index (χ4n) is 2.66. The molecule has 3 aromatic rings. The average Bonchev–Trinajstić information content (AvgIpc) is 2.84. The standard InChI is InChI=1S/C17H13ClINO3/c1-23-15-5-2-9(18)6-13(15)17-12(8-16(21)22)11-7-10(19)3-4-14(11)20-17/h2-7,20H,8H2,1H3,(H,21,22). The number of benzene rings is 2. The number of nitrogens with one attached hydrogen (secondary N) is 1. The van der Waals surface area contributed by atoms with Crippen molar-refractivity contribution in [1.82, 2.24) is 4.98 Å². The molecular weight excluding hydrogens is 429 g/mol. The molecule has 6 heteroatoms. The van der Waals surface area contributed by atoms with E-state index in [1.54, 1.807) is 25.3 Å². The van der Waals surface area contributed by atoms with E-state index >= 15 is 0 Å². The third-order valence-electron chi connectivity index (χ3n) is 3.63. The van der Waals surface area contributed by atoms with Gasteiger partial charge < -0.3 is 14.8 Å². The summed E-state index contributed by atoms with van der Waals surface area (Å²) in [6.45, 7) is 0. The molecule has 0 fully saturated rings. The molecule has 0 radical (unpaired) electrons. The Morgan fingerprint density at radius 1 is 1.30 bits per heavy atom. The summed E-state index contributed by atoms with van der Waals surface area (Å²) in [5.41, 5.74) is 3.09. The molecule has 0 aliphatic heterocycles. The van der Waals surface area contributed by atoms with Gasteiger partial charge in [0.1, 0.15) is 5.75 Å². The van der Waals surface area contributed by atoms with Gasteiger partial charge in [0, 0.05) is 25.1 Å². The van der Waals surface area contributed by atoms with E-state index in [9.17, 15) is 9.90 Å². The summed E-state index contributed by atoms with van der Waals surface area (Å²) in [6.07, 6.45) is -0.0783. The van der Waals surface area contributed by atoms with E-state index in [-0.39, 0.29) is 6.42 Å². The Kier molecular flexibility index (Phi) is 4.50. The number of carboxylic acid groups (broad SMARTS) is 1. The molecular formula is C17H13ClINO3. The average molecular weight is 442 g/mol. The predicted octanol–water partition coefficient (Wildman–Crippen LogP) is 4.73. The summed E-state index contributed by atoms with van der Waals surface area (Å²) >= 11 is 8.33. The van der Waals surface area contributed by atoms with Gasteiger partial charge in [-0.05, 0) is 64.6 Å². The fourth-order valence-corrected chi connectivity index (χ4v) is 3.32. The van der Waals surface area contributed by atoms with E-state index in [4.69, 9.17) is 16.3 Å². The smallest absolute Gasteiger partial charge is 0.307 e. The third kappa shape index (κ3) is 3.16. The zero-order valence-electron chi connectivity index (χ0n) is 12.2. The van der Waals surface area contributed by atoms with Crippen LogP contribution in [0.2, 0.25) is 5.02 Å². The van der Waals surface area contributed by atoms with Gasteiger partial charge in [-0.15, -0.1) is 0 Å². The molecule has 0 aliphatic rings. The summed E-state index contributed by atoms with van der Waals surface area (Å²) < 4.78 is 6.45. The number of hydrogen-bond acceptors (Lipinski definition) is 2. The van der Waals surface area contributed by atoms with E-state index in [0.29, 0.717) is 10.8 Å². The van der Waals surface area contributed by atoms with Gasteiger partial charge in [-0.3, -0.25) is 4.79 Å². The van der Waals surface area contributed by atoms with Crippen LogP contribution in [0.3, 0.4) is 0 Å². The number of H-pyrrole nitrogens is 1. The van der Waals surface area contributed by atoms with Crippen molar-refractivity contribution in [3.05, 3.63) is 50.6 Å². The Hall–Kier alpha value is -1.73. The first kappa shape index (κ1) is 16.1. The molecule has 0 amide bonds.